The molecule has 0 amide bonds. The molecule has 0 spiro atoms. The molecule has 2 aromatic rings. The van der Waals surface area contributed by atoms with Crippen LogP contribution >= 0.6 is 0 Å². The number of rotatable bonds is 8. The van der Waals surface area contributed by atoms with E-state index in [1.54, 1.807) is 0 Å². The number of hydrogen-bond donors (Lipinski definition) is 1. The molecule has 0 aliphatic rings. The zero-order valence-corrected chi connectivity index (χ0v) is 11.1. The van der Waals surface area contributed by atoms with Crippen molar-refractivity contribution in [3.63, 3.8) is 0 Å². The van der Waals surface area contributed by atoms with Crippen molar-refractivity contribution in [1.29, 1.82) is 0 Å². The van der Waals surface area contributed by atoms with Gasteiger partial charge in [-0.15, -0.1) is 0 Å². The molecule has 2 aromatic carbocycles. The number of benzene rings is 2. The lowest BCUT2D eigenvalue weighted by atomic mass is 10.3. The first-order chi connectivity index (χ1) is 9.84. The van der Waals surface area contributed by atoms with Crippen LogP contribution in [-0.2, 0) is 4.74 Å². The molecule has 0 radical (unpaired) electrons. The Kier molecular flexibility index (Phi) is 5.89. The lowest BCUT2D eigenvalue weighted by molar-refractivity contribution is -0.123. The molecule has 0 aromatic heterocycles. The van der Waals surface area contributed by atoms with E-state index in [0.29, 0.717) is 19.0 Å². The van der Waals surface area contributed by atoms with Gasteiger partial charge in [-0.25, -0.2) is 0 Å². The van der Waals surface area contributed by atoms with Crippen LogP contribution < -0.4 is 9.47 Å². The van der Waals surface area contributed by atoms with E-state index in [9.17, 15) is 5.11 Å². The molecule has 0 heterocycles. The van der Waals surface area contributed by atoms with Crippen LogP contribution in [0.2, 0.25) is 0 Å². The summed E-state index contributed by atoms with van der Waals surface area (Å²) in [5.74, 6) is 1.49. The van der Waals surface area contributed by atoms with E-state index in [0.717, 1.165) is 5.75 Å². The Bertz CT molecular complexity index is 472. The molecule has 0 saturated heterocycles. The minimum absolute atomic E-state index is 0.0926. The minimum atomic E-state index is -0.963. The van der Waals surface area contributed by atoms with Crippen molar-refractivity contribution in [3.05, 3.63) is 60.7 Å². The van der Waals surface area contributed by atoms with Gasteiger partial charge in [-0.1, -0.05) is 36.4 Å². The zero-order valence-electron chi connectivity index (χ0n) is 11.1. The number of aliphatic hydroxyl groups is 1. The first kappa shape index (κ1) is 14.4. The van der Waals surface area contributed by atoms with Gasteiger partial charge in [0.2, 0.25) is 0 Å². The molecule has 1 N–H and O–H groups in total. The Hall–Kier alpha value is -2.04. The average Bonchev–Trinajstić information content (AvgIpc) is 2.52. The fourth-order valence-corrected chi connectivity index (χ4v) is 1.59. The Labute approximate surface area is 118 Å². The Morgan fingerprint density at radius 1 is 0.750 bits per heavy atom. The molecule has 2 rings (SSSR count). The Balaban J connectivity index is 1.57. The number of hydrogen-bond acceptors (Lipinski definition) is 4. The van der Waals surface area contributed by atoms with Gasteiger partial charge in [0.15, 0.2) is 6.29 Å². The fraction of sp³-hybridized carbons (Fsp3) is 0.250. The molecule has 0 bridgehead atoms. The van der Waals surface area contributed by atoms with Gasteiger partial charge in [-0.3, -0.25) is 0 Å². The van der Waals surface area contributed by atoms with Gasteiger partial charge in [0, 0.05) is 0 Å². The number of ether oxygens (including phenoxy) is 3. The highest BCUT2D eigenvalue weighted by Gasteiger charge is 2.05. The first-order valence-corrected chi connectivity index (χ1v) is 6.50. The summed E-state index contributed by atoms with van der Waals surface area (Å²) in [6.07, 6.45) is -0.963. The smallest absolute Gasteiger partial charge is 0.189 e. The molecule has 0 unspecified atom stereocenters. The molecule has 4 heteroatoms. The van der Waals surface area contributed by atoms with Gasteiger partial charge < -0.3 is 19.3 Å². The van der Waals surface area contributed by atoms with Crippen LogP contribution in [0.4, 0.5) is 0 Å². The van der Waals surface area contributed by atoms with Crippen LogP contribution in [0.25, 0.3) is 0 Å². The van der Waals surface area contributed by atoms with E-state index in [1.807, 2.05) is 60.7 Å². The fourth-order valence-electron chi connectivity index (χ4n) is 1.59. The second kappa shape index (κ2) is 8.19. The third-order valence-corrected chi connectivity index (χ3v) is 2.54. The predicted octanol–water partition coefficient (Wildman–Crippen LogP) is 2.48. The highest BCUT2D eigenvalue weighted by atomic mass is 16.6. The number of aliphatic hydroxyl groups excluding tert-OH is 1. The second-order valence-electron chi connectivity index (χ2n) is 4.11. The maximum absolute atomic E-state index is 9.60. The molecule has 0 saturated carbocycles. The van der Waals surface area contributed by atoms with Crippen LogP contribution in [0.5, 0.6) is 11.5 Å². The summed E-state index contributed by atoms with van der Waals surface area (Å²) in [4.78, 5) is 0. The molecule has 0 aliphatic carbocycles. The maximum Gasteiger partial charge on any atom is 0.189 e. The predicted molar refractivity (Wildman–Crippen MR) is 75.8 cm³/mol. The van der Waals surface area contributed by atoms with E-state index < -0.39 is 6.29 Å². The standard InChI is InChI=1S/C16H18O4/c17-16(13-20-15-9-5-2-6-10-15)19-12-11-18-14-7-3-1-4-8-14/h1-10,16-17H,11-13H2/t16-/m1/s1. The summed E-state index contributed by atoms with van der Waals surface area (Å²) >= 11 is 0. The molecule has 0 fully saturated rings. The van der Waals surface area contributed by atoms with Gasteiger partial charge in [-0.05, 0) is 24.3 Å². The van der Waals surface area contributed by atoms with E-state index in [2.05, 4.69) is 0 Å². The third-order valence-electron chi connectivity index (χ3n) is 2.54. The normalized spacial score (nSPS) is 11.8. The van der Waals surface area contributed by atoms with E-state index >= 15 is 0 Å². The van der Waals surface area contributed by atoms with Gasteiger partial charge in [0.25, 0.3) is 0 Å². The third kappa shape index (κ3) is 5.30. The highest BCUT2D eigenvalue weighted by molar-refractivity contribution is 5.21. The van der Waals surface area contributed by atoms with Crippen LogP contribution in [0.3, 0.4) is 0 Å². The number of para-hydroxylation sites is 2. The monoisotopic (exact) mass is 274 g/mol. The molecular formula is C16H18O4. The summed E-state index contributed by atoms with van der Waals surface area (Å²) < 4.78 is 16.0. The molecule has 0 aliphatic heterocycles. The van der Waals surface area contributed by atoms with E-state index in [-0.39, 0.29) is 6.61 Å². The highest BCUT2D eigenvalue weighted by Crippen LogP contribution is 2.09. The van der Waals surface area contributed by atoms with Gasteiger partial charge in [-0.2, -0.15) is 0 Å². The van der Waals surface area contributed by atoms with Crippen LogP contribution in [0.1, 0.15) is 0 Å². The summed E-state index contributed by atoms with van der Waals surface area (Å²) in [5, 5.41) is 9.60. The van der Waals surface area contributed by atoms with Crippen molar-refractivity contribution in [3.8, 4) is 11.5 Å². The van der Waals surface area contributed by atoms with Crippen LogP contribution in [0, 0.1) is 0 Å². The van der Waals surface area contributed by atoms with Gasteiger partial charge >= 0.3 is 0 Å². The quantitative estimate of drug-likeness (QED) is 0.593. The Morgan fingerprint density at radius 3 is 1.90 bits per heavy atom. The van der Waals surface area contributed by atoms with Crippen LogP contribution in [-0.4, -0.2) is 31.2 Å². The second-order valence-corrected chi connectivity index (χ2v) is 4.11. The van der Waals surface area contributed by atoms with Gasteiger partial charge in [0.1, 0.15) is 24.7 Å². The van der Waals surface area contributed by atoms with Crippen LogP contribution in [0.15, 0.2) is 60.7 Å². The minimum Gasteiger partial charge on any atom is -0.491 e. The summed E-state index contributed by atoms with van der Waals surface area (Å²) in [7, 11) is 0. The van der Waals surface area contributed by atoms with Crippen molar-refractivity contribution in [1.82, 2.24) is 0 Å². The summed E-state index contributed by atoms with van der Waals surface area (Å²) in [6.45, 7) is 0.774. The lowest BCUT2D eigenvalue weighted by Crippen LogP contribution is -2.23. The van der Waals surface area contributed by atoms with Crippen molar-refractivity contribution in [2.75, 3.05) is 19.8 Å². The lowest BCUT2D eigenvalue weighted by Gasteiger charge is -2.13. The maximum atomic E-state index is 9.60. The van der Waals surface area contributed by atoms with Crippen molar-refractivity contribution < 1.29 is 19.3 Å². The Morgan fingerprint density at radius 2 is 1.30 bits per heavy atom. The SMILES string of the molecule is O[C@@H](COc1ccccc1)OCCOc1ccccc1. The zero-order chi connectivity index (χ0) is 14.0. The molecule has 1 atom stereocenters. The van der Waals surface area contributed by atoms with Gasteiger partial charge in [0.05, 0.1) is 6.61 Å². The summed E-state index contributed by atoms with van der Waals surface area (Å²) in [5.41, 5.74) is 0. The molecule has 20 heavy (non-hydrogen) atoms. The van der Waals surface area contributed by atoms with Crippen molar-refractivity contribution >= 4 is 0 Å². The summed E-state index contributed by atoms with van der Waals surface area (Å²) in [6, 6.07) is 18.8. The van der Waals surface area contributed by atoms with E-state index in [1.165, 1.54) is 0 Å². The average molecular weight is 274 g/mol. The van der Waals surface area contributed by atoms with Crippen molar-refractivity contribution in [2.24, 2.45) is 0 Å². The first-order valence-electron chi connectivity index (χ1n) is 6.50. The van der Waals surface area contributed by atoms with E-state index in [4.69, 9.17) is 14.2 Å². The largest absolute Gasteiger partial charge is 0.491 e. The molecular weight excluding hydrogens is 256 g/mol. The molecule has 106 valence electrons. The van der Waals surface area contributed by atoms with Crippen molar-refractivity contribution in [2.45, 2.75) is 6.29 Å². The molecule has 4 nitrogen and oxygen atoms in total. The topological polar surface area (TPSA) is 47.9 Å².